The second-order valence-corrected chi connectivity index (χ2v) is 9.81. The van der Waals surface area contributed by atoms with E-state index < -0.39 is 29.1 Å². The molecule has 1 aliphatic heterocycles. The van der Waals surface area contributed by atoms with Gasteiger partial charge in [-0.05, 0) is 50.4 Å². The molecule has 4 rings (SSSR count). The number of primary amides is 1. The molecule has 2 aliphatic rings. The summed E-state index contributed by atoms with van der Waals surface area (Å²) >= 11 is 0. The number of carbonyl (C=O) groups excluding carboxylic acids is 1. The quantitative estimate of drug-likeness (QED) is 0.446. The molecule has 2 aromatic rings. The average Bonchev–Trinajstić information content (AvgIpc) is 3.62. The van der Waals surface area contributed by atoms with Crippen molar-refractivity contribution in [1.29, 1.82) is 0 Å². The largest absolute Gasteiger partial charge is 0.416 e. The monoisotopic (exact) mass is 510 g/mol. The zero-order chi connectivity index (χ0) is 26.1. The zero-order valence-corrected chi connectivity index (χ0v) is 19.9. The molecule has 36 heavy (non-hydrogen) atoms. The van der Waals surface area contributed by atoms with Crippen molar-refractivity contribution in [2.45, 2.75) is 50.6 Å². The number of hydrogen-bond donors (Lipinski definition) is 3. The fourth-order valence-electron chi connectivity index (χ4n) is 4.65. The van der Waals surface area contributed by atoms with Crippen LogP contribution in [0.2, 0.25) is 0 Å². The average molecular weight is 511 g/mol. The summed E-state index contributed by atoms with van der Waals surface area (Å²) in [6, 6.07) is 4.86. The van der Waals surface area contributed by atoms with E-state index in [-0.39, 0.29) is 49.8 Å². The van der Waals surface area contributed by atoms with E-state index in [0.29, 0.717) is 18.5 Å². The van der Waals surface area contributed by atoms with E-state index in [9.17, 15) is 23.1 Å². The number of carbonyl (C=O) groups is 1. The first-order valence-electron chi connectivity index (χ1n) is 11.8. The number of aromatic nitrogens is 2. The molecule has 196 valence electrons. The number of nitrogens with zero attached hydrogens (tertiary/aromatic N) is 4. The van der Waals surface area contributed by atoms with Crippen LogP contribution in [0, 0.1) is 11.7 Å². The van der Waals surface area contributed by atoms with Crippen molar-refractivity contribution in [1.82, 2.24) is 14.9 Å². The Bertz CT molecular complexity index is 1080. The maximum atomic E-state index is 15.5. The minimum absolute atomic E-state index is 0.00608. The van der Waals surface area contributed by atoms with Crippen LogP contribution < -0.4 is 16.0 Å². The second kappa shape index (κ2) is 10.2. The first kappa shape index (κ1) is 26.1. The Morgan fingerprint density at radius 3 is 2.53 bits per heavy atom. The number of benzene rings is 1. The topological polar surface area (TPSA) is 108 Å². The van der Waals surface area contributed by atoms with Crippen molar-refractivity contribution in [3.8, 4) is 0 Å². The lowest BCUT2D eigenvalue weighted by atomic mass is 9.82. The summed E-state index contributed by atoms with van der Waals surface area (Å²) in [5.41, 5.74) is 4.02. The Morgan fingerprint density at radius 2 is 1.94 bits per heavy atom. The van der Waals surface area contributed by atoms with Crippen LogP contribution in [0.15, 0.2) is 30.6 Å². The van der Waals surface area contributed by atoms with Gasteiger partial charge in [-0.2, -0.15) is 17.6 Å². The highest BCUT2D eigenvalue weighted by molar-refractivity contribution is 5.75. The van der Waals surface area contributed by atoms with E-state index in [1.807, 2.05) is 0 Å². The van der Waals surface area contributed by atoms with Gasteiger partial charge in [0.05, 0.1) is 17.7 Å². The number of amides is 1. The molecule has 0 radical (unpaired) electrons. The van der Waals surface area contributed by atoms with Crippen LogP contribution in [-0.2, 0) is 17.5 Å². The second-order valence-electron chi connectivity index (χ2n) is 9.81. The van der Waals surface area contributed by atoms with Gasteiger partial charge in [0.2, 0.25) is 11.7 Å². The number of alkyl halides is 3. The Morgan fingerprint density at radius 1 is 1.25 bits per heavy atom. The number of aliphatic hydroxyl groups is 1. The Kier molecular flexibility index (Phi) is 7.37. The number of halogens is 4. The van der Waals surface area contributed by atoms with Crippen LogP contribution in [0.3, 0.4) is 0 Å². The lowest BCUT2D eigenvalue weighted by Crippen LogP contribution is -2.55. The molecule has 1 aliphatic carbocycles. The van der Waals surface area contributed by atoms with Gasteiger partial charge in [0.15, 0.2) is 11.6 Å². The van der Waals surface area contributed by atoms with Crippen LogP contribution in [0.5, 0.6) is 0 Å². The van der Waals surface area contributed by atoms with Gasteiger partial charge in [-0.1, -0.05) is 12.1 Å². The third-order valence-corrected chi connectivity index (χ3v) is 6.78. The van der Waals surface area contributed by atoms with Crippen LogP contribution >= 0.6 is 0 Å². The van der Waals surface area contributed by atoms with E-state index in [2.05, 4.69) is 15.3 Å². The van der Waals surface area contributed by atoms with Gasteiger partial charge in [-0.25, -0.2) is 9.97 Å². The fraction of sp³-hybridized carbons (Fsp3) is 0.542. The predicted molar refractivity (Wildman–Crippen MR) is 125 cm³/mol. The molecule has 1 saturated carbocycles. The van der Waals surface area contributed by atoms with E-state index in [0.717, 1.165) is 25.0 Å². The molecule has 8 nitrogen and oxygen atoms in total. The maximum Gasteiger partial charge on any atom is 0.416 e. The highest BCUT2D eigenvalue weighted by Gasteiger charge is 2.38. The molecule has 2 atom stereocenters. The molecular formula is C24H30F4N6O2. The van der Waals surface area contributed by atoms with Crippen LogP contribution in [-0.4, -0.2) is 63.7 Å². The number of anilines is 2. The van der Waals surface area contributed by atoms with Crippen LogP contribution in [0.1, 0.15) is 37.3 Å². The Balaban J connectivity index is 1.45. The lowest BCUT2D eigenvalue weighted by molar-refractivity contribution is -0.137. The zero-order valence-electron chi connectivity index (χ0n) is 19.9. The molecule has 1 saturated heterocycles. The first-order chi connectivity index (χ1) is 16.9. The third-order valence-electron chi connectivity index (χ3n) is 6.78. The van der Waals surface area contributed by atoms with Crippen LogP contribution in [0.25, 0.3) is 0 Å². The summed E-state index contributed by atoms with van der Waals surface area (Å²) in [6.07, 6.45) is -0.929. The number of likely N-dealkylation sites (tertiary alicyclic amines) is 1. The van der Waals surface area contributed by atoms with Gasteiger partial charge >= 0.3 is 6.18 Å². The predicted octanol–water partition coefficient (Wildman–Crippen LogP) is 2.77. The van der Waals surface area contributed by atoms with E-state index in [1.165, 1.54) is 18.5 Å². The van der Waals surface area contributed by atoms with Crippen molar-refractivity contribution in [2.75, 3.05) is 36.4 Å². The lowest BCUT2D eigenvalue weighted by Gasteiger charge is -2.42. The first-order valence-corrected chi connectivity index (χ1v) is 11.8. The minimum atomic E-state index is -4.42. The Labute approximate surface area is 206 Å². The van der Waals surface area contributed by atoms with Gasteiger partial charge in [0.1, 0.15) is 6.33 Å². The molecule has 2 heterocycles. The Hall–Kier alpha value is -2.99. The molecule has 1 amide bonds. The van der Waals surface area contributed by atoms with Crippen molar-refractivity contribution >= 4 is 17.5 Å². The van der Waals surface area contributed by atoms with Crippen LogP contribution in [0.4, 0.5) is 29.2 Å². The standard InChI is InChI=1S/C24H30F4N6O2/c1-23(36)13-33(12-19(29)35)9-8-17(23)10-30-21-20(25)22(32-14-31-21)34(18-6-7-18)11-15-2-4-16(5-3-15)24(26,27)28/h2-5,14,17-18,36H,6-13H2,1H3,(H2,29,35)(H,30,31,32)/t17-,23+/m1/s1. The molecule has 2 fully saturated rings. The molecule has 4 N–H and O–H groups in total. The highest BCUT2D eigenvalue weighted by atomic mass is 19.4. The van der Waals surface area contributed by atoms with E-state index in [4.69, 9.17) is 5.73 Å². The van der Waals surface area contributed by atoms with Crippen molar-refractivity contribution in [3.05, 3.63) is 47.5 Å². The van der Waals surface area contributed by atoms with Crippen molar-refractivity contribution in [2.24, 2.45) is 11.7 Å². The van der Waals surface area contributed by atoms with Gasteiger partial charge in [0, 0.05) is 31.6 Å². The van der Waals surface area contributed by atoms with Crippen molar-refractivity contribution < 1.29 is 27.5 Å². The number of β-amino-alcohol motifs (C(OH)–C–C–N with tert-alkyl or cyclic N) is 1. The molecule has 0 spiro atoms. The molecule has 12 heteroatoms. The number of piperidine rings is 1. The summed E-state index contributed by atoms with van der Waals surface area (Å²) in [5.74, 6) is -1.26. The molecule has 0 unspecified atom stereocenters. The molecule has 1 aromatic carbocycles. The third kappa shape index (κ3) is 6.22. The minimum Gasteiger partial charge on any atom is -0.388 e. The molecule has 1 aromatic heterocycles. The van der Waals surface area contributed by atoms with Gasteiger partial charge in [-0.15, -0.1) is 0 Å². The van der Waals surface area contributed by atoms with Gasteiger partial charge in [-0.3, -0.25) is 9.69 Å². The number of nitrogens with two attached hydrogens (primary N) is 1. The summed E-state index contributed by atoms with van der Waals surface area (Å²) in [6.45, 7) is 3.05. The smallest absolute Gasteiger partial charge is 0.388 e. The van der Waals surface area contributed by atoms with Crippen molar-refractivity contribution in [3.63, 3.8) is 0 Å². The van der Waals surface area contributed by atoms with E-state index in [1.54, 1.807) is 16.7 Å². The molecule has 0 bridgehead atoms. The number of nitrogens with one attached hydrogen (secondary N) is 1. The SMILES string of the molecule is C[C@]1(O)CN(CC(N)=O)CC[C@@H]1CNc1ncnc(N(Cc2ccc(C(F)(F)F)cc2)C2CC2)c1F. The summed E-state index contributed by atoms with van der Waals surface area (Å²) in [5, 5.41) is 13.9. The number of rotatable bonds is 9. The fourth-order valence-corrected chi connectivity index (χ4v) is 4.65. The number of hydrogen-bond acceptors (Lipinski definition) is 7. The van der Waals surface area contributed by atoms with Gasteiger partial charge < -0.3 is 21.1 Å². The van der Waals surface area contributed by atoms with Gasteiger partial charge in [0.25, 0.3) is 0 Å². The van der Waals surface area contributed by atoms with E-state index >= 15 is 4.39 Å². The summed E-state index contributed by atoms with van der Waals surface area (Å²) < 4.78 is 54.1. The molecular weight excluding hydrogens is 480 g/mol. The summed E-state index contributed by atoms with van der Waals surface area (Å²) in [4.78, 5) is 22.9. The maximum absolute atomic E-state index is 15.5. The highest BCUT2D eigenvalue weighted by Crippen LogP contribution is 2.36. The normalized spacial score (nSPS) is 22.9. The summed E-state index contributed by atoms with van der Waals surface area (Å²) in [7, 11) is 0.